The zero-order chi connectivity index (χ0) is 25.7. The summed E-state index contributed by atoms with van der Waals surface area (Å²) in [5.74, 6) is -3.69. The molecule has 0 spiro atoms. The van der Waals surface area contributed by atoms with E-state index in [1.807, 2.05) is 30.3 Å². The molecule has 0 unspecified atom stereocenters. The smallest absolute Gasteiger partial charge is 0.284 e. The van der Waals surface area contributed by atoms with E-state index >= 15 is 0 Å². The number of carbonyl (C=O) groups is 3. The van der Waals surface area contributed by atoms with E-state index in [-0.39, 0.29) is 18.4 Å². The number of rotatable bonds is 8. The number of thiophene rings is 1. The van der Waals surface area contributed by atoms with Crippen molar-refractivity contribution in [2.24, 2.45) is 0 Å². The first kappa shape index (κ1) is 25.0. The second-order valence-electron chi connectivity index (χ2n) is 8.03. The van der Waals surface area contributed by atoms with Crippen LogP contribution in [-0.4, -0.2) is 29.0 Å². The first-order valence-corrected chi connectivity index (χ1v) is 11.7. The van der Waals surface area contributed by atoms with Gasteiger partial charge in [-0.25, -0.2) is 14.3 Å². The van der Waals surface area contributed by atoms with Gasteiger partial charge >= 0.3 is 0 Å². The van der Waals surface area contributed by atoms with Crippen molar-refractivity contribution >= 4 is 44.8 Å². The summed E-state index contributed by atoms with van der Waals surface area (Å²) in [6.45, 7) is 0. The van der Waals surface area contributed by atoms with Crippen LogP contribution in [0.1, 0.15) is 20.8 Å². The SMILES string of the molecule is O=C(Cc1ccc(F)c(F)c1)N[C@@H](Cc1ccccc1)C(=O)Nc1ccc2sc(C(=O)NO)cc2c1. The van der Waals surface area contributed by atoms with Crippen LogP contribution < -0.4 is 16.1 Å². The van der Waals surface area contributed by atoms with Crippen LogP contribution in [0.2, 0.25) is 0 Å². The Bertz CT molecular complexity index is 1430. The average molecular weight is 510 g/mol. The highest BCUT2D eigenvalue weighted by atomic mass is 32.1. The lowest BCUT2D eigenvalue weighted by atomic mass is 10.0. The Labute approximate surface area is 208 Å². The topological polar surface area (TPSA) is 108 Å². The highest BCUT2D eigenvalue weighted by molar-refractivity contribution is 7.20. The lowest BCUT2D eigenvalue weighted by molar-refractivity contribution is -0.126. The molecule has 36 heavy (non-hydrogen) atoms. The number of halogens is 2. The van der Waals surface area contributed by atoms with Crippen molar-refractivity contribution in [1.29, 1.82) is 0 Å². The minimum Gasteiger partial charge on any atom is -0.344 e. The first-order chi connectivity index (χ1) is 17.3. The second-order valence-corrected chi connectivity index (χ2v) is 9.11. The molecule has 1 atom stereocenters. The monoisotopic (exact) mass is 509 g/mol. The third-order valence-electron chi connectivity index (χ3n) is 5.39. The molecule has 0 fully saturated rings. The fraction of sp³-hybridized carbons (Fsp3) is 0.115. The van der Waals surface area contributed by atoms with Gasteiger partial charge in [-0.3, -0.25) is 19.6 Å². The second kappa shape index (κ2) is 11.1. The molecule has 0 radical (unpaired) electrons. The molecule has 0 saturated heterocycles. The van der Waals surface area contributed by atoms with Gasteiger partial charge in [0.25, 0.3) is 5.91 Å². The minimum absolute atomic E-state index is 0.206. The fourth-order valence-electron chi connectivity index (χ4n) is 3.66. The van der Waals surface area contributed by atoms with Gasteiger partial charge in [0, 0.05) is 16.8 Å². The summed E-state index contributed by atoms with van der Waals surface area (Å²) in [4.78, 5) is 37.8. The number of carbonyl (C=O) groups excluding carboxylic acids is 3. The Balaban J connectivity index is 1.51. The van der Waals surface area contributed by atoms with Crippen molar-refractivity contribution in [3.63, 3.8) is 0 Å². The normalized spacial score (nSPS) is 11.6. The highest BCUT2D eigenvalue weighted by Crippen LogP contribution is 2.28. The van der Waals surface area contributed by atoms with Gasteiger partial charge in [-0.1, -0.05) is 36.4 Å². The number of hydroxylamine groups is 1. The Kier molecular flexibility index (Phi) is 7.67. The van der Waals surface area contributed by atoms with E-state index in [1.54, 1.807) is 29.7 Å². The summed E-state index contributed by atoms with van der Waals surface area (Å²) in [7, 11) is 0. The number of fused-ring (bicyclic) bond motifs is 1. The molecule has 7 nitrogen and oxygen atoms in total. The Morgan fingerprint density at radius 1 is 0.889 bits per heavy atom. The highest BCUT2D eigenvalue weighted by Gasteiger charge is 2.22. The zero-order valence-electron chi connectivity index (χ0n) is 18.8. The van der Waals surface area contributed by atoms with E-state index in [2.05, 4.69) is 10.6 Å². The number of amides is 3. The Morgan fingerprint density at radius 3 is 2.39 bits per heavy atom. The molecule has 0 aliphatic heterocycles. The van der Waals surface area contributed by atoms with Gasteiger partial charge in [-0.15, -0.1) is 11.3 Å². The van der Waals surface area contributed by atoms with Crippen LogP contribution in [-0.2, 0) is 22.4 Å². The summed E-state index contributed by atoms with van der Waals surface area (Å²) >= 11 is 1.18. The van der Waals surface area contributed by atoms with E-state index in [1.165, 1.54) is 17.4 Å². The molecule has 3 amide bonds. The molecular formula is C26H21F2N3O4S. The van der Waals surface area contributed by atoms with Crippen LogP contribution in [0.3, 0.4) is 0 Å². The van der Waals surface area contributed by atoms with E-state index in [4.69, 9.17) is 5.21 Å². The first-order valence-electron chi connectivity index (χ1n) is 10.9. The van der Waals surface area contributed by atoms with Gasteiger partial charge in [0.15, 0.2) is 11.6 Å². The van der Waals surface area contributed by atoms with Gasteiger partial charge in [0.2, 0.25) is 11.8 Å². The largest absolute Gasteiger partial charge is 0.344 e. The summed E-state index contributed by atoms with van der Waals surface area (Å²) in [5.41, 5.74) is 3.14. The zero-order valence-corrected chi connectivity index (χ0v) is 19.6. The predicted molar refractivity (Wildman–Crippen MR) is 132 cm³/mol. The Hall–Kier alpha value is -4.15. The minimum atomic E-state index is -1.05. The van der Waals surface area contributed by atoms with Gasteiger partial charge in [-0.05, 0) is 52.9 Å². The molecule has 4 aromatic rings. The van der Waals surface area contributed by atoms with Crippen molar-refractivity contribution < 1.29 is 28.4 Å². The maximum absolute atomic E-state index is 13.5. The molecular weight excluding hydrogens is 488 g/mol. The fourth-order valence-corrected chi connectivity index (χ4v) is 4.59. The van der Waals surface area contributed by atoms with Gasteiger partial charge in [-0.2, -0.15) is 0 Å². The van der Waals surface area contributed by atoms with Crippen molar-refractivity contribution in [2.45, 2.75) is 18.9 Å². The molecule has 0 bridgehead atoms. The molecule has 1 heterocycles. The van der Waals surface area contributed by atoms with Crippen LogP contribution >= 0.6 is 11.3 Å². The van der Waals surface area contributed by atoms with Crippen LogP contribution in [0.5, 0.6) is 0 Å². The third kappa shape index (κ3) is 6.09. The molecule has 3 aromatic carbocycles. The number of hydrogen-bond donors (Lipinski definition) is 4. The average Bonchev–Trinajstić information content (AvgIpc) is 3.29. The molecule has 0 aliphatic rings. The van der Waals surface area contributed by atoms with Crippen molar-refractivity contribution in [1.82, 2.24) is 10.8 Å². The number of nitrogens with one attached hydrogen (secondary N) is 3. The number of anilines is 1. The lowest BCUT2D eigenvalue weighted by Gasteiger charge is -2.19. The Morgan fingerprint density at radius 2 is 1.67 bits per heavy atom. The van der Waals surface area contributed by atoms with E-state index < -0.39 is 35.4 Å². The molecule has 10 heteroatoms. The number of hydrogen-bond acceptors (Lipinski definition) is 5. The predicted octanol–water partition coefficient (Wildman–Crippen LogP) is 4.21. The molecule has 0 saturated carbocycles. The van der Waals surface area contributed by atoms with E-state index in [0.29, 0.717) is 16.0 Å². The number of benzene rings is 3. The van der Waals surface area contributed by atoms with Crippen molar-refractivity contribution in [3.05, 3.63) is 100 Å². The van der Waals surface area contributed by atoms with Crippen LogP contribution in [0.25, 0.3) is 10.1 Å². The quantitative estimate of drug-likeness (QED) is 0.211. The summed E-state index contributed by atoms with van der Waals surface area (Å²) in [6.07, 6.45) is -0.0238. The third-order valence-corrected chi connectivity index (χ3v) is 6.51. The van der Waals surface area contributed by atoms with Crippen LogP contribution in [0, 0.1) is 11.6 Å². The van der Waals surface area contributed by atoms with Gasteiger partial charge in [0.05, 0.1) is 11.3 Å². The lowest BCUT2D eigenvalue weighted by Crippen LogP contribution is -2.45. The molecule has 4 N–H and O–H groups in total. The van der Waals surface area contributed by atoms with Crippen molar-refractivity contribution in [3.8, 4) is 0 Å². The summed E-state index contributed by atoms with van der Waals surface area (Å²) in [6, 6.07) is 18.1. The van der Waals surface area contributed by atoms with Gasteiger partial charge in [0.1, 0.15) is 6.04 Å². The van der Waals surface area contributed by atoms with Crippen LogP contribution in [0.4, 0.5) is 14.5 Å². The van der Waals surface area contributed by atoms with Gasteiger partial charge < -0.3 is 10.6 Å². The molecule has 184 valence electrons. The summed E-state index contributed by atoms with van der Waals surface area (Å²) in [5, 5.41) is 15.0. The standard InChI is InChI=1S/C26H21F2N3O4S/c27-19-8-6-16(10-20(19)28)12-24(32)30-21(11-15-4-2-1-3-5-15)25(33)29-18-7-9-22-17(13-18)14-23(36-22)26(34)31-35/h1-10,13-14,21,35H,11-12H2,(H,29,33)(H,30,32)(H,31,34)/t21-/m0/s1. The maximum Gasteiger partial charge on any atom is 0.284 e. The maximum atomic E-state index is 13.5. The molecule has 0 aliphatic carbocycles. The van der Waals surface area contributed by atoms with Crippen LogP contribution in [0.15, 0.2) is 72.8 Å². The summed E-state index contributed by atoms with van der Waals surface area (Å²) < 4.78 is 27.5. The molecule has 1 aromatic heterocycles. The van der Waals surface area contributed by atoms with Crippen molar-refractivity contribution in [2.75, 3.05) is 5.32 Å². The molecule has 4 rings (SSSR count). The van der Waals surface area contributed by atoms with E-state index in [9.17, 15) is 23.2 Å². The van der Waals surface area contributed by atoms with E-state index in [0.717, 1.165) is 22.4 Å².